The Bertz CT molecular complexity index is 895. The smallest absolute Gasteiger partial charge is 0.270 e. The lowest BCUT2D eigenvalue weighted by Crippen LogP contribution is -2.30. The molecule has 126 valence electrons. The van der Waals surface area contributed by atoms with Gasteiger partial charge in [-0.25, -0.2) is 0 Å². The zero-order chi connectivity index (χ0) is 17.8. The summed E-state index contributed by atoms with van der Waals surface area (Å²) in [5.41, 5.74) is 0.680. The SMILES string of the molecule is O=C(c1ccc([N+](=O)[O-])cc1Cl)N(Cc1ccco1)c1ccccc1. The van der Waals surface area contributed by atoms with Crippen LogP contribution in [0.3, 0.4) is 0 Å². The van der Waals surface area contributed by atoms with E-state index in [1.54, 1.807) is 24.3 Å². The van der Waals surface area contributed by atoms with Gasteiger partial charge in [0, 0.05) is 17.8 Å². The van der Waals surface area contributed by atoms with Gasteiger partial charge in [0.15, 0.2) is 0 Å². The van der Waals surface area contributed by atoms with Gasteiger partial charge in [0.05, 0.1) is 28.3 Å². The molecule has 0 N–H and O–H groups in total. The first-order valence-corrected chi connectivity index (χ1v) is 7.77. The Balaban J connectivity index is 1.98. The van der Waals surface area contributed by atoms with E-state index in [4.69, 9.17) is 16.0 Å². The van der Waals surface area contributed by atoms with Crippen LogP contribution in [0.1, 0.15) is 16.1 Å². The summed E-state index contributed by atoms with van der Waals surface area (Å²) in [6, 6.07) is 16.4. The summed E-state index contributed by atoms with van der Waals surface area (Å²) in [5, 5.41) is 10.9. The molecule has 3 aromatic rings. The highest BCUT2D eigenvalue weighted by Gasteiger charge is 2.22. The first-order valence-electron chi connectivity index (χ1n) is 7.39. The maximum atomic E-state index is 13.0. The van der Waals surface area contributed by atoms with E-state index in [0.29, 0.717) is 11.4 Å². The van der Waals surface area contributed by atoms with Crippen molar-refractivity contribution in [2.75, 3.05) is 4.90 Å². The lowest BCUT2D eigenvalue weighted by molar-refractivity contribution is -0.384. The van der Waals surface area contributed by atoms with Crippen molar-refractivity contribution >= 4 is 28.9 Å². The van der Waals surface area contributed by atoms with Gasteiger partial charge >= 0.3 is 0 Å². The summed E-state index contributed by atoms with van der Waals surface area (Å²) in [4.78, 5) is 24.8. The normalized spacial score (nSPS) is 10.4. The molecular formula is C18H13ClN2O4. The van der Waals surface area contributed by atoms with Crippen LogP contribution in [0.4, 0.5) is 11.4 Å². The van der Waals surface area contributed by atoms with Gasteiger partial charge in [0.2, 0.25) is 0 Å². The Kier molecular flexibility index (Phi) is 4.81. The topological polar surface area (TPSA) is 76.6 Å². The summed E-state index contributed by atoms with van der Waals surface area (Å²) in [7, 11) is 0. The van der Waals surface area contributed by atoms with Crippen LogP contribution in [-0.4, -0.2) is 10.8 Å². The molecule has 0 aliphatic carbocycles. The molecule has 0 atom stereocenters. The number of hydrogen-bond acceptors (Lipinski definition) is 4. The van der Waals surface area contributed by atoms with Crippen LogP contribution in [0.25, 0.3) is 0 Å². The van der Waals surface area contributed by atoms with E-state index in [9.17, 15) is 14.9 Å². The Labute approximate surface area is 148 Å². The number of nitrogens with zero attached hydrogens (tertiary/aromatic N) is 2. The third-order valence-electron chi connectivity index (χ3n) is 3.60. The third-order valence-corrected chi connectivity index (χ3v) is 3.91. The minimum atomic E-state index is -0.558. The number of rotatable bonds is 5. The zero-order valence-electron chi connectivity index (χ0n) is 13.0. The number of non-ortho nitro benzene ring substituents is 1. The number of amides is 1. The Morgan fingerprint density at radius 3 is 2.48 bits per heavy atom. The molecule has 1 amide bonds. The van der Waals surface area contributed by atoms with Crippen LogP contribution < -0.4 is 4.90 Å². The van der Waals surface area contributed by atoms with Crippen molar-refractivity contribution in [2.24, 2.45) is 0 Å². The van der Waals surface area contributed by atoms with Crippen molar-refractivity contribution in [3.05, 3.63) is 93.4 Å². The monoisotopic (exact) mass is 356 g/mol. The molecule has 0 aliphatic rings. The summed E-state index contributed by atoms with van der Waals surface area (Å²) >= 11 is 6.11. The van der Waals surface area contributed by atoms with Crippen molar-refractivity contribution in [1.29, 1.82) is 0 Å². The molecular weight excluding hydrogens is 344 g/mol. The predicted octanol–water partition coefficient (Wildman–Crippen LogP) is 4.69. The molecule has 0 bridgehead atoms. The molecule has 6 nitrogen and oxygen atoms in total. The molecule has 0 fully saturated rings. The first kappa shape index (κ1) is 16.7. The molecule has 0 saturated heterocycles. The fourth-order valence-electron chi connectivity index (χ4n) is 2.38. The second-order valence-electron chi connectivity index (χ2n) is 5.23. The maximum absolute atomic E-state index is 13.0. The largest absolute Gasteiger partial charge is 0.467 e. The van der Waals surface area contributed by atoms with Crippen LogP contribution in [-0.2, 0) is 6.54 Å². The van der Waals surface area contributed by atoms with Crippen LogP contribution >= 0.6 is 11.6 Å². The summed E-state index contributed by atoms with van der Waals surface area (Å²) in [5.74, 6) is 0.234. The summed E-state index contributed by atoms with van der Waals surface area (Å²) in [6.07, 6.45) is 1.53. The number of hydrogen-bond donors (Lipinski definition) is 0. The molecule has 7 heteroatoms. The van der Waals surface area contributed by atoms with Crippen LogP contribution in [0, 0.1) is 10.1 Å². The second-order valence-corrected chi connectivity index (χ2v) is 5.63. The average Bonchev–Trinajstić information content (AvgIpc) is 3.13. The summed E-state index contributed by atoms with van der Waals surface area (Å²) in [6.45, 7) is 0.211. The second kappa shape index (κ2) is 7.19. The zero-order valence-corrected chi connectivity index (χ0v) is 13.7. The highest BCUT2D eigenvalue weighted by Crippen LogP contribution is 2.27. The number of carbonyl (C=O) groups is 1. The van der Waals surface area contributed by atoms with E-state index in [1.807, 2.05) is 18.2 Å². The average molecular weight is 357 g/mol. The van der Waals surface area contributed by atoms with Crippen molar-refractivity contribution < 1.29 is 14.1 Å². The lowest BCUT2D eigenvalue weighted by Gasteiger charge is -2.22. The molecule has 2 aromatic carbocycles. The van der Waals surface area contributed by atoms with E-state index >= 15 is 0 Å². The van der Waals surface area contributed by atoms with Crippen LogP contribution in [0.2, 0.25) is 5.02 Å². The number of para-hydroxylation sites is 1. The van der Waals surface area contributed by atoms with Crippen molar-refractivity contribution in [3.8, 4) is 0 Å². The van der Waals surface area contributed by atoms with Gasteiger partial charge in [-0.1, -0.05) is 29.8 Å². The molecule has 1 heterocycles. The Morgan fingerprint density at radius 2 is 1.88 bits per heavy atom. The van der Waals surface area contributed by atoms with Gasteiger partial charge in [-0.2, -0.15) is 0 Å². The first-order chi connectivity index (χ1) is 12.1. The van der Waals surface area contributed by atoms with E-state index in [0.717, 1.165) is 0 Å². The number of nitro benzene ring substituents is 1. The molecule has 0 spiro atoms. The van der Waals surface area contributed by atoms with E-state index in [2.05, 4.69) is 0 Å². The van der Waals surface area contributed by atoms with Crippen LogP contribution in [0.5, 0.6) is 0 Å². The van der Waals surface area contributed by atoms with Crippen LogP contribution in [0.15, 0.2) is 71.3 Å². The van der Waals surface area contributed by atoms with Gasteiger partial charge in [-0.15, -0.1) is 0 Å². The van der Waals surface area contributed by atoms with Crippen molar-refractivity contribution in [2.45, 2.75) is 6.54 Å². The van der Waals surface area contributed by atoms with Gasteiger partial charge in [0.1, 0.15) is 5.76 Å². The molecule has 25 heavy (non-hydrogen) atoms. The number of halogens is 1. The minimum absolute atomic E-state index is 0.0274. The van der Waals surface area contributed by atoms with E-state index < -0.39 is 4.92 Å². The van der Waals surface area contributed by atoms with E-state index in [-0.39, 0.29) is 28.7 Å². The molecule has 0 radical (unpaired) electrons. The standard InChI is InChI=1S/C18H13ClN2O4/c19-17-11-14(21(23)24)8-9-16(17)18(22)20(12-15-7-4-10-25-15)13-5-2-1-3-6-13/h1-11H,12H2. The molecule has 0 unspecified atom stereocenters. The molecule has 0 aliphatic heterocycles. The number of anilines is 1. The fraction of sp³-hybridized carbons (Fsp3) is 0.0556. The molecule has 3 rings (SSSR count). The number of nitro groups is 1. The Morgan fingerprint density at radius 1 is 1.12 bits per heavy atom. The number of benzene rings is 2. The highest BCUT2D eigenvalue weighted by atomic mass is 35.5. The third kappa shape index (κ3) is 3.70. The van der Waals surface area contributed by atoms with Gasteiger partial charge < -0.3 is 9.32 Å². The minimum Gasteiger partial charge on any atom is -0.467 e. The van der Waals surface area contributed by atoms with Crippen molar-refractivity contribution in [3.63, 3.8) is 0 Å². The van der Waals surface area contributed by atoms with E-state index in [1.165, 1.54) is 29.4 Å². The van der Waals surface area contributed by atoms with Gasteiger partial charge in [0.25, 0.3) is 11.6 Å². The van der Waals surface area contributed by atoms with Crippen molar-refractivity contribution in [1.82, 2.24) is 0 Å². The predicted molar refractivity (Wildman–Crippen MR) is 93.8 cm³/mol. The van der Waals surface area contributed by atoms with Gasteiger partial charge in [-0.3, -0.25) is 14.9 Å². The number of furan rings is 1. The Hall–Kier alpha value is -3.12. The quantitative estimate of drug-likeness (QED) is 0.491. The maximum Gasteiger partial charge on any atom is 0.270 e. The molecule has 0 saturated carbocycles. The fourth-order valence-corrected chi connectivity index (χ4v) is 2.64. The number of carbonyl (C=O) groups excluding carboxylic acids is 1. The lowest BCUT2D eigenvalue weighted by atomic mass is 10.1. The van der Waals surface area contributed by atoms with Gasteiger partial charge in [-0.05, 0) is 30.3 Å². The highest BCUT2D eigenvalue weighted by molar-refractivity contribution is 6.34. The summed E-state index contributed by atoms with van der Waals surface area (Å²) < 4.78 is 5.34. The molecule has 1 aromatic heterocycles.